The van der Waals surface area contributed by atoms with Gasteiger partial charge in [-0.1, -0.05) is 22.6 Å². The number of rotatable bonds is 4. The van der Waals surface area contributed by atoms with Crippen molar-refractivity contribution in [3.05, 3.63) is 0 Å². The number of hydrogen-bond donors (Lipinski definition) is 4. The molecular weight excluding hydrogens is 251 g/mol. The van der Waals surface area contributed by atoms with Crippen LogP contribution in [0.25, 0.3) is 0 Å². The Morgan fingerprint density at radius 2 is 1.30 bits per heavy atom. The lowest BCUT2D eigenvalue weighted by atomic mass is 10.2. The highest BCUT2D eigenvalue weighted by atomic mass is 127. The van der Waals surface area contributed by atoms with Gasteiger partial charge in [0, 0.05) is 0 Å². The maximum absolute atomic E-state index is 8.90. The maximum atomic E-state index is 8.90. The molecule has 0 aliphatic rings. The Labute approximate surface area is 72.6 Å². The van der Waals surface area contributed by atoms with Gasteiger partial charge in [0.25, 0.3) is 0 Å². The summed E-state index contributed by atoms with van der Waals surface area (Å²) in [6.45, 7) is -0.796. The fourth-order valence-electron chi connectivity index (χ4n) is 0.458. The van der Waals surface area contributed by atoms with E-state index >= 15 is 0 Å². The molecule has 0 aromatic carbocycles. The van der Waals surface area contributed by atoms with E-state index in [2.05, 4.69) is 0 Å². The quantitative estimate of drug-likeness (QED) is 0.367. The Bertz CT molecular complexity index is 79.7. The molecule has 0 heterocycles. The largest absolute Gasteiger partial charge is 0.394 e. The van der Waals surface area contributed by atoms with E-state index in [9.17, 15) is 0 Å². The Hall–Kier alpha value is 0.570. The first kappa shape index (κ1) is 10.6. The van der Waals surface area contributed by atoms with Gasteiger partial charge >= 0.3 is 0 Å². The third-order valence-corrected chi connectivity index (χ3v) is 2.77. The van der Waals surface area contributed by atoms with Gasteiger partial charge in [0.1, 0.15) is 0 Å². The van der Waals surface area contributed by atoms with Crippen molar-refractivity contribution in [2.24, 2.45) is 0 Å². The van der Waals surface area contributed by atoms with Gasteiger partial charge in [-0.05, 0) is 0 Å². The lowest BCUT2D eigenvalue weighted by Crippen LogP contribution is -2.36. The van der Waals surface area contributed by atoms with Crippen LogP contribution in [-0.4, -0.2) is 49.8 Å². The summed E-state index contributed by atoms with van der Waals surface area (Å²) in [6.07, 6.45) is -1.94. The standard InChI is InChI=1S/C5H11IO4/c6-5(3(9)1-7)4(10)2-8/h3-5,7-10H,1-2H2. The molecule has 0 saturated heterocycles. The molecule has 4 N–H and O–H groups in total. The molecule has 0 spiro atoms. The van der Waals surface area contributed by atoms with Crippen LogP contribution in [0.5, 0.6) is 0 Å². The highest BCUT2D eigenvalue weighted by Gasteiger charge is 2.22. The van der Waals surface area contributed by atoms with E-state index in [-0.39, 0.29) is 0 Å². The minimum absolute atomic E-state index is 0.398. The van der Waals surface area contributed by atoms with E-state index in [1.807, 2.05) is 0 Å². The molecule has 0 aromatic heterocycles. The molecule has 10 heavy (non-hydrogen) atoms. The molecule has 0 rings (SSSR count). The van der Waals surface area contributed by atoms with Crippen molar-refractivity contribution in [3.63, 3.8) is 0 Å². The highest BCUT2D eigenvalue weighted by molar-refractivity contribution is 14.1. The third-order valence-electron chi connectivity index (χ3n) is 1.11. The number of hydrogen-bond acceptors (Lipinski definition) is 4. The van der Waals surface area contributed by atoms with E-state index in [1.165, 1.54) is 0 Å². The molecule has 0 aliphatic heterocycles. The summed E-state index contributed by atoms with van der Waals surface area (Å²) in [5.74, 6) is 0. The van der Waals surface area contributed by atoms with Gasteiger partial charge < -0.3 is 20.4 Å². The Morgan fingerprint density at radius 1 is 1.00 bits per heavy atom. The van der Waals surface area contributed by atoms with Crippen molar-refractivity contribution in [1.82, 2.24) is 0 Å². The van der Waals surface area contributed by atoms with Gasteiger partial charge in [-0.15, -0.1) is 0 Å². The minimum Gasteiger partial charge on any atom is -0.394 e. The molecule has 0 bridgehead atoms. The topological polar surface area (TPSA) is 80.9 Å². The molecule has 0 aliphatic carbocycles. The van der Waals surface area contributed by atoms with Gasteiger partial charge in [0.2, 0.25) is 0 Å². The van der Waals surface area contributed by atoms with E-state index in [1.54, 1.807) is 22.6 Å². The first-order valence-electron chi connectivity index (χ1n) is 2.85. The monoisotopic (exact) mass is 262 g/mol. The van der Waals surface area contributed by atoms with Crippen molar-refractivity contribution < 1.29 is 20.4 Å². The van der Waals surface area contributed by atoms with Gasteiger partial charge in [-0.3, -0.25) is 0 Å². The molecular formula is C5H11IO4. The smallest absolute Gasteiger partial charge is 0.0914 e. The summed E-state index contributed by atoms with van der Waals surface area (Å²) < 4.78 is -0.521. The fraction of sp³-hybridized carbons (Fsp3) is 1.00. The average molecular weight is 262 g/mol. The van der Waals surface area contributed by atoms with E-state index in [0.717, 1.165) is 0 Å². The lowest BCUT2D eigenvalue weighted by molar-refractivity contribution is 0.0300. The molecule has 62 valence electrons. The molecule has 0 fully saturated rings. The average Bonchev–Trinajstić information content (AvgIpc) is 2.00. The van der Waals surface area contributed by atoms with Crippen LogP contribution >= 0.6 is 22.6 Å². The van der Waals surface area contributed by atoms with Crippen molar-refractivity contribution in [2.45, 2.75) is 16.1 Å². The zero-order chi connectivity index (χ0) is 8.15. The van der Waals surface area contributed by atoms with Gasteiger partial charge in [-0.25, -0.2) is 0 Å². The second kappa shape index (κ2) is 5.25. The second-order valence-electron chi connectivity index (χ2n) is 1.94. The predicted molar refractivity (Wildman–Crippen MR) is 44.0 cm³/mol. The predicted octanol–water partition coefficient (Wildman–Crippen LogP) is -1.50. The SMILES string of the molecule is OCC(O)C(I)C(O)CO. The van der Waals surface area contributed by atoms with E-state index in [4.69, 9.17) is 20.4 Å². The third kappa shape index (κ3) is 3.11. The summed E-state index contributed by atoms with van der Waals surface area (Å²) in [6, 6.07) is 0. The van der Waals surface area contributed by atoms with Gasteiger partial charge in [0.15, 0.2) is 0 Å². The van der Waals surface area contributed by atoms with Crippen molar-refractivity contribution in [1.29, 1.82) is 0 Å². The zero-order valence-electron chi connectivity index (χ0n) is 5.31. The molecule has 2 unspecified atom stereocenters. The zero-order valence-corrected chi connectivity index (χ0v) is 7.47. The molecule has 5 heteroatoms. The van der Waals surface area contributed by atoms with E-state index < -0.39 is 29.3 Å². The normalized spacial score (nSPS) is 20.1. The van der Waals surface area contributed by atoms with Crippen LogP contribution in [0.15, 0.2) is 0 Å². The van der Waals surface area contributed by atoms with Crippen LogP contribution in [0.2, 0.25) is 0 Å². The summed E-state index contributed by atoms with van der Waals surface area (Å²) >= 11 is 1.77. The Balaban J connectivity index is 3.69. The summed E-state index contributed by atoms with van der Waals surface area (Å²) in [7, 11) is 0. The summed E-state index contributed by atoms with van der Waals surface area (Å²) in [5.41, 5.74) is 0. The number of alkyl halides is 1. The van der Waals surface area contributed by atoms with Crippen molar-refractivity contribution in [2.75, 3.05) is 13.2 Å². The molecule has 0 radical (unpaired) electrons. The molecule has 4 nitrogen and oxygen atoms in total. The minimum atomic E-state index is -0.970. The van der Waals surface area contributed by atoms with Crippen molar-refractivity contribution in [3.8, 4) is 0 Å². The van der Waals surface area contributed by atoms with Crippen LogP contribution in [0, 0.1) is 0 Å². The molecule has 0 saturated carbocycles. The van der Waals surface area contributed by atoms with Crippen LogP contribution in [0.1, 0.15) is 0 Å². The number of aliphatic hydroxyl groups excluding tert-OH is 4. The summed E-state index contributed by atoms with van der Waals surface area (Å²) in [4.78, 5) is 0. The van der Waals surface area contributed by atoms with E-state index in [0.29, 0.717) is 0 Å². The van der Waals surface area contributed by atoms with Gasteiger partial charge in [0.05, 0.1) is 29.3 Å². The van der Waals surface area contributed by atoms with Crippen LogP contribution < -0.4 is 0 Å². The molecule has 0 amide bonds. The van der Waals surface area contributed by atoms with Crippen molar-refractivity contribution >= 4 is 22.6 Å². The Kier molecular flexibility index (Phi) is 5.55. The van der Waals surface area contributed by atoms with Gasteiger partial charge in [-0.2, -0.15) is 0 Å². The van der Waals surface area contributed by atoms with Crippen LogP contribution in [0.3, 0.4) is 0 Å². The first-order chi connectivity index (χ1) is 4.63. The Morgan fingerprint density at radius 3 is 1.50 bits per heavy atom. The number of halogens is 1. The fourth-order valence-corrected chi connectivity index (χ4v) is 0.913. The maximum Gasteiger partial charge on any atom is 0.0914 e. The second-order valence-corrected chi connectivity index (χ2v) is 3.38. The number of aliphatic hydroxyl groups is 4. The van der Waals surface area contributed by atoms with Crippen LogP contribution in [-0.2, 0) is 0 Å². The first-order valence-corrected chi connectivity index (χ1v) is 4.10. The summed E-state index contributed by atoms with van der Waals surface area (Å²) in [5, 5.41) is 34.6. The molecule has 0 aromatic rings. The molecule has 2 atom stereocenters. The highest BCUT2D eigenvalue weighted by Crippen LogP contribution is 2.10. The lowest BCUT2D eigenvalue weighted by Gasteiger charge is -2.18. The van der Waals surface area contributed by atoms with Crippen LogP contribution in [0.4, 0.5) is 0 Å².